The van der Waals surface area contributed by atoms with E-state index < -0.39 is 0 Å². The van der Waals surface area contributed by atoms with Gasteiger partial charge in [-0.2, -0.15) is 0 Å². The molecule has 2 N–H and O–H groups in total. The number of pyridine rings is 1. The van der Waals surface area contributed by atoms with E-state index in [0.717, 1.165) is 57.0 Å². The maximum atomic E-state index is 4.77. The lowest BCUT2D eigenvalue weighted by Gasteiger charge is -1.98. The van der Waals surface area contributed by atoms with Crippen LogP contribution in [-0.4, -0.2) is 24.9 Å². The fraction of sp³-hybridized carbons (Fsp3) is 0.0385. The van der Waals surface area contributed by atoms with Crippen LogP contribution in [0.15, 0.2) is 66.9 Å². The molecule has 0 fully saturated rings. The zero-order chi connectivity index (χ0) is 20.6. The van der Waals surface area contributed by atoms with Crippen LogP contribution >= 0.6 is 0 Å². The third-order valence-corrected chi connectivity index (χ3v) is 5.35. The molecule has 2 aliphatic rings. The van der Waals surface area contributed by atoms with Gasteiger partial charge in [-0.05, 0) is 84.5 Å². The van der Waals surface area contributed by atoms with Gasteiger partial charge in [0, 0.05) is 40.4 Å². The molecule has 6 heterocycles. The van der Waals surface area contributed by atoms with Crippen molar-refractivity contribution in [1.82, 2.24) is 24.9 Å². The molecule has 0 saturated heterocycles. The van der Waals surface area contributed by atoms with Crippen molar-refractivity contribution in [2.45, 2.75) is 6.42 Å². The first kappa shape index (κ1) is 17.6. The summed E-state index contributed by atoms with van der Waals surface area (Å²) < 4.78 is 0. The fourth-order valence-corrected chi connectivity index (χ4v) is 3.92. The number of aromatic amines is 2. The van der Waals surface area contributed by atoms with Gasteiger partial charge in [-0.3, -0.25) is 4.98 Å². The van der Waals surface area contributed by atoms with E-state index in [0.29, 0.717) is 0 Å². The Hall–Kier alpha value is -4.25. The van der Waals surface area contributed by atoms with Gasteiger partial charge in [0.15, 0.2) is 0 Å². The fourth-order valence-electron chi connectivity index (χ4n) is 3.92. The van der Waals surface area contributed by atoms with Gasteiger partial charge in [-0.25, -0.2) is 9.97 Å². The van der Waals surface area contributed by atoms with Crippen molar-refractivity contribution < 1.29 is 0 Å². The van der Waals surface area contributed by atoms with E-state index in [1.165, 1.54) is 5.56 Å². The molecule has 5 heteroatoms. The molecule has 148 valence electrons. The Labute approximate surface area is 178 Å². The lowest BCUT2D eigenvalue weighted by molar-refractivity contribution is 1.09. The Kier molecular flexibility index (Phi) is 4.10. The van der Waals surface area contributed by atoms with Crippen LogP contribution < -0.4 is 0 Å². The van der Waals surface area contributed by atoms with Crippen molar-refractivity contribution in [2.75, 3.05) is 0 Å². The molecule has 0 radical (unpaired) electrons. The molecule has 31 heavy (non-hydrogen) atoms. The van der Waals surface area contributed by atoms with Crippen molar-refractivity contribution in [2.24, 2.45) is 0 Å². The molecule has 6 rings (SSSR count). The van der Waals surface area contributed by atoms with Gasteiger partial charge in [-0.1, -0.05) is 6.07 Å². The highest BCUT2D eigenvalue weighted by Gasteiger charge is 2.06. The van der Waals surface area contributed by atoms with E-state index in [4.69, 9.17) is 9.97 Å². The topological polar surface area (TPSA) is 70.2 Å². The first-order chi connectivity index (χ1) is 15.3. The monoisotopic (exact) mass is 401 g/mol. The van der Waals surface area contributed by atoms with E-state index in [1.807, 2.05) is 54.8 Å². The predicted octanol–water partition coefficient (Wildman–Crippen LogP) is 5.64. The summed E-state index contributed by atoms with van der Waals surface area (Å²) in [4.78, 5) is 20.9. The summed E-state index contributed by atoms with van der Waals surface area (Å²) in [6, 6.07) is 20.5. The van der Waals surface area contributed by atoms with Crippen molar-refractivity contribution in [3.05, 3.63) is 101 Å². The average Bonchev–Trinajstić information content (AvgIpc) is 3.55. The quantitative estimate of drug-likeness (QED) is 0.394. The van der Waals surface area contributed by atoms with E-state index in [1.54, 1.807) is 0 Å². The van der Waals surface area contributed by atoms with E-state index >= 15 is 0 Å². The third-order valence-electron chi connectivity index (χ3n) is 5.35. The minimum Gasteiger partial charge on any atom is -0.355 e. The molecule has 0 spiro atoms. The number of rotatable bonds is 2. The molecule has 4 aromatic rings. The summed E-state index contributed by atoms with van der Waals surface area (Å²) in [7, 11) is 0. The second-order valence-corrected chi connectivity index (χ2v) is 7.70. The number of nitrogens with one attached hydrogen (secondary N) is 2. The molecule has 0 saturated carbocycles. The normalized spacial score (nSPS) is 12.4. The van der Waals surface area contributed by atoms with Crippen LogP contribution in [0.1, 0.15) is 34.0 Å². The van der Waals surface area contributed by atoms with E-state index in [2.05, 4.69) is 51.4 Å². The lowest BCUT2D eigenvalue weighted by atomic mass is 10.1. The Morgan fingerprint density at radius 2 is 1.26 bits per heavy atom. The number of hydrogen-bond acceptors (Lipinski definition) is 3. The summed E-state index contributed by atoms with van der Waals surface area (Å²) in [6.07, 6.45) is 10.7. The second-order valence-electron chi connectivity index (χ2n) is 7.70. The number of fused-ring (bicyclic) bond motifs is 8. The maximum absolute atomic E-state index is 4.77. The third kappa shape index (κ3) is 3.69. The highest BCUT2D eigenvalue weighted by atomic mass is 14.8. The molecule has 4 aromatic heterocycles. The molecule has 0 atom stereocenters. The van der Waals surface area contributed by atoms with Gasteiger partial charge in [-0.15, -0.1) is 0 Å². The standard InChI is InChI=1S/C26H19N5/c1-2-10-27-18(3-1)11-17-12-25-15-23-7-6-21(29-23)13-19-4-5-20(28-19)14-22-8-9-24(30-22)16-26(17)31-25/h1-10,12-16,28,31H,11H2. The Bertz CT molecular complexity index is 1500. The lowest BCUT2D eigenvalue weighted by Crippen LogP contribution is -1.89. The van der Waals surface area contributed by atoms with Crippen LogP contribution in [0.3, 0.4) is 0 Å². The zero-order valence-electron chi connectivity index (χ0n) is 16.7. The minimum atomic E-state index is 0.745. The van der Waals surface area contributed by atoms with Gasteiger partial charge in [0.2, 0.25) is 0 Å². The molecule has 0 aliphatic carbocycles. The van der Waals surface area contributed by atoms with Crippen LogP contribution in [0.2, 0.25) is 0 Å². The number of aromatic nitrogens is 5. The van der Waals surface area contributed by atoms with Gasteiger partial charge in [0.25, 0.3) is 0 Å². The first-order valence-electron chi connectivity index (χ1n) is 10.2. The molecular formula is C26H19N5. The van der Waals surface area contributed by atoms with E-state index in [-0.39, 0.29) is 0 Å². The molecular weight excluding hydrogens is 382 g/mol. The van der Waals surface area contributed by atoms with Gasteiger partial charge < -0.3 is 9.97 Å². The Morgan fingerprint density at radius 3 is 1.90 bits per heavy atom. The van der Waals surface area contributed by atoms with Crippen LogP contribution in [-0.2, 0) is 6.42 Å². The molecule has 0 amide bonds. The van der Waals surface area contributed by atoms with Crippen LogP contribution in [0.5, 0.6) is 0 Å². The Balaban J connectivity index is 1.60. The minimum absolute atomic E-state index is 0.745. The van der Waals surface area contributed by atoms with Crippen LogP contribution in [0.25, 0.3) is 46.4 Å². The smallest absolute Gasteiger partial charge is 0.0658 e. The number of nitrogens with zero attached hydrogens (tertiary/aromatic N) is 3. The van der Waals surface area contributed by atoms with Crippen molar-refractivity contribution in [1.29, 1.82) is 0 Å². The highest BCUT2D eigenvalue weighted by molar-refractivity contribution is 5.78. The molecule has 0 unspecified atom stereocenters. The Morgan fingerprint density at radius 1 is 0.613 bits per heavy atom. The molecule has 8 bridgehead atoms. The van der Waals surface area contributed by atoms with Gasteiger partial charge >= 0.3 is 0 Å². The summed E-state index contributed by atoms with van der Waals surface area (Å²) in [5, 5.41) is 0. The van der Waals surface area contributed by atoms with Crippen molar-refractivity contribution in [3.63, 3.8) is 0 Å². The average molecular weight is 401 g/mol. The molecule has 0 aromatic carbocycles. The summed E-state index contributed by atoms with van der Waals surface area (Å²) >= 11 is 0. The van der Waals surface area contributed by atoms with E-state index in [9.17, 15) is 0 Å². The SMILES string of the molecule is C1=Cc2cc3cc(Cc4ccccn4)c(cc4nc(cc5ccc(cc1n2)[nH]5)C=C4)[nH]3. The maximum Gasteiger partial charge on any atom is 0.0658 e. The number of hydrogen-bond donors (Lipinski definition) is 2. The summed E-state index contributed by atoms with van der Waals surface area (Å²) in [5.74, 6) is 0. The summed E-state index contributed by atoms with van der Waals surface area (Å²) in [6.45, 7) is 0. The van der Waals surface area contributed by atoms with Crippen molar-refractivity contribution >= 4 is 46.4 Å². The summed E-state index contributed by atoms with van der Waals surface area (Å²) in [5.41, 5.74) is 9.96. The van der Waals surface area contributed by atoms with Gasteiger partial charge in [0.1, 0.15) is 0 Å². The van der Waals surface area contributed by atoms with Gasteiger partial charge in [0.05, 0.1) is 22.8 Å². The van der Waals surface area contributed by atoms with Crippen molar-refractivity contribution in [3.8, 4) is 0 Å². The van der Waals surface area contributed by atoms with Crippen LogP contribution in [0.4, 0.5) is 0 Å². The van der Waals surface area contributed by atoms with Crippen LogP contribution in [0, 0.1) is 0 Å². The first-order valence-corrected chi connectivity index (χ1v) is 10.2. The molecule has 5 nitrogen and oxygen atoms in total. The largest absolute Gasteiger partial charge is 0.355 e. The molecule has 2 aliphatic heterocycles. The zero-order valence-corrected chi connectivity index (χ0v) is 16.7. The predicted molar refractivity (Wildman–Crippen MR) is 126 cm³/mol. The number of H-pyrrole nitrogens is 2. The second kappa shape index (κ2) is 7.22. The highest BCUT2D eigenvalue weighted by Crippen LogP contribution is 2.21.